The Morgan fingerprint density at radius 3 is 2.57 bits per heavy atom. The first-order chi connectivity index (χ1) is 16.8. The average Bonchev–Trinajstić information content (AvgIpc) is 3.50. The lowest BCUT2D eigenvalue weighted by Gasteiger charge is -2.09. The average molecular weight is 500 g/mol. The molecule has 0 bridgehead atoms. The van der Waals surface area contributed by atoms with Gasteiger partial charge in [-0.2, -0.15) is 8.42 Å². The molecule has 2 aromatic heterocycles. The molecule has 0 unspecified atom stereocenters. The Morgan fingerprint density at radius 1 is 1.09 bits per heavy atom. The predicted molar refractivity (Wildman–Crippen MR) is 122 cm³/mol. The molecule has 4 aromatic rings. The van der Waals surface area contributed by atoms with Crippen molar-refractivity contribution in [3.63, 3.8) is 0 Å². The lowest BCUT2D eigenvalue weighted by atomic mass is 10.3. The van der Waals surface area contributed by atoms with Gasteiger partial charge < -0.3 is 28.4 Å². The first-order valence-electron chi connectivity index (χ1n) is 10.1. The fourth-order valence-electron chi connectivity index (χ4n) is 2.92. The van der Waals surface area contributed by atoms with Crippen LogP contribution in [-0.4, -0.2) is 44.1 Å². The number of aromatic amines is 1. The van der Waals surface area contributed by atoms with Crippen LogP contribution in [0.25, 0.3) is 11.0 Å². The van der Waals surface area contributed by atoms with Gasteiger partial charge in [-0.05, 0) is 48.5 Å². The molecule has 0 aliphatic heterocycles. The van der Waals surface area contributed by atoms with Gasteiger partial charge in [-0.1, -0.05) is 0 Å². The third kappa shape index (κ3) is 6.09. The molecule has 12 nitrogen and oxygen atoms in total. The molecule has 2 heterocycles. The van der Waals surface area contributed by atoms with Crippen molar-refractivity contribution in [3.05, 3.63) is 66.6 Å². The number of H-pyrrole nitrogens is 1. The number of nitrogens with one attached hydrogen (secondary N) is 3. The van der Waals surface area contributed by atoms with Crippen LogP contribution < -0.4 is 19.6 Å². The zero-order valence-electron chi connectivity index (χ0n) is 18.3. The van der Waals surface area contributed by atoms with Crippen molar-refractivity contribution in [2.24, 2.45) is 0 Å². The number of fused-ring (bicyclic) bond motifs is 1. The minimum atomic E-state index is -4.15. The monoisotopic (exact) mass is 500 g/mol. The largest absolute Gasteiger partial charge is 0.484 e. The second kappa shape index (κ2) is 10.2. The normalized spacial score (nSPS) is 11.1. The highest BCUT2D eigenvalue weighted by Gasteiger charge is 2.18. The topological polar surface area (TPSA) is 162 Å². The molecule has 0 aliphatic carbocycles. The number of hydrogen-bond acceptors (Lipinski definition) is 9. The van der Waals surface area contributed by atoms with Gasteiger partial charge in [-0.25, -0.2) is 9.78 Å². The second-order valence-electron chi connectivity index (χ2n) is 7.03. The Morgan fingerprint density at radius 2 is 1.86 bits per heavy atom. The van der Waals surface area contributed by atoms with Crippen molar-refractivity contribution in [1.29, 1.82) is 0 Å². The molecule has 0 fully saturated rings. The van der Waals surface area contributed by atoms with Gasteiger partial charge in [0, 0.05) is 6.07 Å². The van der Waals surface area contributed by atoms with Crippen LogP contribution in [0, 0.1) is 0 Å². The molecule has 2 amide bonds. The molecule has 13 heteroatoms. The van der Waals surface area contributed by atoms with Crippen molar-refractivity contribution in [1.82, 2.24) is 15.3 Å². The summed E-state index contributed by atoms with van der Waals surface area (Å²) in [6.45, 7) is -0.0172. The molecule has 4 rings (SSSR count). The highest BCUT2D eigenvalue weighted by Crippen LogP contribution is 2.25. The zero-order valence-corrected chi connectivity index (χ0v) is 19.1. The molecule has 182 valence electrons. The van der Waals surface area contributed by atoms with E-state index < -0.39 is 16.2 Å². The predicted octanol–water partition coefficient (Wildman–Crippen LogP) is 2.80. The summed E-state index contributed by atoms with van der Waals surface area (Å²) in [5.74, 6) is 0.720. The van der Waals surface area contributed by atoms with Crippen LogP contribution in [-0.2, 0) is 26.2 Å². The maximum atomic E-state index is 12.7. The molecule has 0 radical (unpaired) electrons. The molecule has 0 atom stereocenters. The second-order valence-corrected chi connectivity index (χ2v) is 8.58. The molecule has 3 N–H and O–H groups in total. The number of anilines is 1. The molecule has 2 aromatic carbocycles. The standard InChI is InChI=1S/C22H20N4O8S/c1-31-22(28)26-21-24-18-9-6-15(11-19(18)25-21)34-35(29,30)17-7-4-14(5-8-17)33-13-20(27)23-12-16-3-2-10-32-16/h2-11H,12-13H2,1H3,(H,23,27)(H2,24,25,26,28). The fourth-order valence-corrected chi connectivity index (χ4v) is 3.84. The van der Waals surface area contributed by atoms with E-state index in [1.54, 1.807) is 18.2 Å². The lowest BCUT2D eigenvalue weighted by Crippen LogP contribution is -2.28. The van der Waals surface area contributed by atoms with Crippen molar-refractivity contribution < 1.29 is 36.1 Å². The van der Waals surface area contributed by atoms with Crippen LogP contribution in [0.5, 0.6) is 11.5 Å². The third-order valence-electron chi connectivity index (χ3n) is 4.59. The Balaban J connectivity index is 1.35. The van der Waals surface area contributed by atoms with Gasteiger partial charge in [0.05, 0.1) is 31.0 Å². The minimum Gasteiger partial charge on any atom is -0.484 e. The van der Waals surface area contributed by atoms with Crippen LogP contribution in [0.3, 0.4) is 0 Å². The number of methoxy groups -OCH3 is 1. The van der Waals surface area contributed by atoms with E-state index >= 15 is 0 Å². The summed E-state index contributed by atoms with van der Waals surface area (Å²) in [5, 5.41) is 5.02. The summed E-state index contributed by atoms with van der Waals surface area (Å²) in [5.41, 5.74) is 0.925. The first kappa shape index (κ1) is 23.6. The third-order valence-corrected chi connectivity index (χ3v) is 5.85. The Kier molecular flexibility index (Phi) is 6.87. The highest BCUT2D eigenvalue weighted by molar-refractivity contribution is 7.87. The molecule has 0 aliphatic rings. The molecule has 0 spiro atoms. The van der Waals surface area contributed by atoms with Crippen LogP contribution >= 0.6 is 0 Å². The molecular formula is C22H20N4O8S. The number of amides is 2. The van der Waals surface area contributed by atoms with Crippen LogP contribution in [0.15, 0.2) is 70.2 Å². The summed E-state index contributed by atoms with van der Waals surface area (Å²) in [4.78, 5) is 30.1. The van der Waals surface area contributed by atoms with Crippen molar-refractivity contribution >= 4 is 39.1 Å². The number of furan rings is 1. The van der Waals surface area contributed by atoms with E-state index in [0.717, 1.165) is 0 Å². The number of rotatable bonds is 9. The van der Waals surface area contributed by atoms with E-state index in [4.69, 9.17) is 13.3 Å². The highest BCUT2D eigenvalue weighted by atomic mass is 32.2. The minimum absolute atomic E-state index is 0.0298. The van der Waals surface area contributed by atoms with Gasteiger partial charge >= 0.3 is 16.2 Å². The van der Waals surface area contributed by atoms with Gasteiger partial charge in [0.25, 0.3) is 5.91 Å². The Labute approximate surface area is 199 Å². The number of benzene rings is 2. The molecule has 0 saturated heterocycles. The SMILES string of the molecule is COC(=O)Nc1nc2cc(OS(=O)(=O)c3ccc(OCC(=O)NCc4ccco4)cc3)ccc2[nH]1. The number of hydrogen-bond donors (Lipinski definition) is 3. The van der Waals surface area contributed by atoms with Gasteiger partial charge in [0.15, 0.2) is 6.61 Å². The summed E-state index contributed by atoms with van der Waals surface area (Å²) in [6, 6.07) is 13.3. The number of ether oxygens (including phenoxy) is 2. The van der Waals surface area contributed by atoms with Crippen LogP contribution in [0.4, 0.5) is 10.7 Å². The van der Waals surface area contributed by atoms with E-state index in [1.807, 2.05) is 0 Å². The number of aromatic nitrogens is 2. The summed E-state index contributed by atoms with van der Waals surface area (Å²) in [6.07, 6.45) is 0.804. The summed E-state index contributed by atoms with van der Waals surface area (Å²) >= 11 is 0. The summed E-state index contributed by atoms with van der Waals surface area (Å²) < 4.78 is 45.5. The van der Waals surface area contributed by atoms with E-state index in [0.29, 0.717) is 22.5 Å². The van der Waals surface area contributed by atoms with Crippen molar-refractivity contribution in [3.8, 4) is 11.5 Å². The Bertz CT molecular complexity index is 1430. The number of carbonyl (C=O) groups is 2. The quantitative estimate of drug-likeness (QED) is 0.293. The van der Waals surface area contributed by atoms with E-state index in [1.165, 1.54) is 49.8 Å². The maximum Gasteiger partial charge on any atom is 0.413 e. The van der Waals surface area contributed by atoms with Crippen LogP contribution in [0.1, 0.15) is 5.76 Å². The molecule has 35 heavy (non-hydrogen) atoms. The molecular weight excluding hydrogens is 480 g/mol. The van der Waals surface area contributed by atoms with E-state index in [2.05, 4.69) is 25.3 Å². The molecule has 0 saturated carbocycles. The fraction of sp³-hybridized carbons (Fsp3) is 0.136. The number of nitrogens with zero attached hydrogens (tertiary/aromatic N) is 1. The lowest BCUT2D eigenvalue weighted by molar-refractivity contribution is -0.123. The number of imidazole rings is 1. The Hall–Kier alpha value is -4.52. The first-order valence-corrected chi connectivity index (χ1v) is 11.5. The van der Waals surface area contributed by atoms with Gasteiger partial charge in [-0.15, -0.1) is 0 Å². The van der Waals surface area contributed by atoms with E-state index in [-0.39, 0.29) is 35.7 Å². The van der Waals surface area contributed by atoms with E-state index in [9.17, 15) is 18.0 Å². The smallest absolute Gasteiger partial charge is 0.413 e. The van der Waals surface area contributed by atoms with Crippen molar-refractivity contribution in [2.75, 3.05) is 19.0 Å². The van der Waals surface area contributed by atoms with Gasteiger partial charge in [0.1, 0.15) is 22.2 Å². The van der Waals surface area contributed by atoms with Crippen LogP contribution in [0.2, 0.25) is 0 Å². The van der Waals surface area contributed by atoms with Gasteiger partial charge in [-0.3, -0.25) is 10.1 Å². The van der Waals surface area contributed by atoms with Gasteiger partial charge in [0.2, 0.25) is 5.95 Å². The zero-order chi connectivity index (χ0) is 24.8. The number of carbonyl (C=O) groups excluding carboxylic acids is 2. The maximum absolute atomic E-state index is 12.7. The summed E-state index contributed by atoms with van der Waals surface area (Å²) in [7, 11) is -2.94. The van der Waals surface area contributed by atoms with Crippen molar-refractivity contribution in [2.45, 2.75) is 11.4 Å².